The van der Waals surface area contributed by atoms with E-state index in [0.717, 1.165) is 19.6 Å². The zero-order valence-electron chi connectivity index (χ0n) is 9.97. The summed E-state index contributed by atoms with van der Waals surface area (Å²) in [6.07, 6.45) is 1.19. The summed E-state index contributed by atoms with van der Waals surface area (Å²) in [6, 6.07) is 4.35. The van der Waals surface area contributed by atoms with Crippen LogP contribution in [0.3, 0.4) is 0 Å². The first-order valence-electron chi connectivity index (χ1n) is 5.56. The van der Waals surface area contributed by atoms with E-state index in [9.17, 15) is 0 Å². The Bertz CT molecular complexity index is 255. The highest BCUT2D eigenvalue weighted by atomic mass is 32.1. The van der Waals surface area contributed by atoms with Crippen LogP contribution in [0.1, 0.15) is 25.1 Å². The summed E-state index contributed by atoms with van der Waals surface area (Å²) in [6.45, 7) is 7.83. The molecule has 0 fully saturated rings. The molecule has 2 N–H and O–H groups in total. The van der Waals surface area contributed by atoms with Crippen LogP contribution < -0.4 is 10.6 Å². The lowest BCUT2D eigenvalue weighted by molar-refractivity contribution is 0.472. The average molecular weight is 226 g/mol. The molecule has 1 heterocycles. The Morgan fingerprint density at radius 3 is 2.73 bits per heavy atom. The molecule has 3 heteroatoms. The molecule has 0 bridgehead atoms. The van der Waals surface area contributed by atoms with Crippen molar-refractivity contribution in [2.24, 2.45) is 0 Å². The van der Waals surface area contributed by atoms with Crippen LogP contribution in [0.5, 0.6) is 0 Å². The first-order chi connectivity index (χ1) is 7.17. The third-order valence-electron chi connectivity index (χ3n) is 2.54. The SMILES string of the molecule is CNCCCNCC(C)(C)c1cccs1. The van der Waals surface area contributed by atoms with Crippen LogP contribution >= 0.6 is 11.3 Å². The number of hydrogen-bond donors (Lipinski definition) is 2. The summed E-state index contributed by atoms with van der Waals surface area (Å²) < 4.78 is 0. The molecule has 1 rings (SSSR count). The van der Waals surface area contributed by atoms with E-state index in [1.54, 1.807) is 0 Å². The molecule has 1 aromatic rings. The minimum Gasteiger partial charge on any atom is -0.320 e. The van der Waals surface area contributed by atoms with Crippen molar-refractivity contribution in [3.8, 4) is 0 Å². The molecular weight excluding hydrogens is 204 g/mol. The van der Waals surface area contributed by atoms with Gasteiger partial charge in [0.25, 0.3) is 0 Å². The van der Waals surface area contributed by atoms with Crippen LogP contribution in [-0.2, 0) is 5.41 Å². The van der Waals surface area contributed by atoms with Crippen molar-refractivity contribution < 1.29 is 0 Å². The lowest BCUT2D eigenvalue weighted by atomic mass is 9.91. The molecule has 0 aliphatic carbocycles. The smallest absolute Gasteiger partial charge is 0.0115 e. The molecule has 0 saturated carbocycles. The van der Waals surface area contributed by atoms with Crippen LogP contribution in [0.15, 0.2) is 17.5 Å². The second kappa shape index (κ2) is 6.26. The number of hydrogen-bond acceptors (Lipinski definition) is 3. The molecule has 0 saturated heterocycles. The molecule has 1 aromatic heterocycles. The van der Waals surface area contributed by atoms with Gasteiger partial charge in [0.1, 0.15) is 0 Å². The highest BCUT2D eigenvalue weighted by molar-refractivity contribution is 7.10. The second-order valence-electron chi connectivity index (χ2n) is 4.50. The lowest BCUT2D eigenvalue weighted by Gasteiger charge is -2.23. The van der Waals surface area contributed by atoms with Crippen molar-refractivity contribution in [1.29, 1.82) is 0 Å². The topological polar surface area (TPSA) is 24.1 Å². The maximum absolute atomic E-state index is 3.52. The summed E-state index contributed by atoms with van der Waals surface area (Å²) in [5.41, 5.74) is 0.258. The van der Waals surface area contributed by atoms with E-state index in [4.69, 9.17) is 0 Å². The Balaban J connectivity index is 2.25. The first-order valence-corrected chi connectivity index (χ1v) is 6.44. The highest BCUT2D eigenvalue weighted by Crippen LogP contribution is 2.26. The standard InChI is InChI=1S/C12H22N2S/c1-12(2,11-6-4-9-15-11)10-14-8-5-7-13-3/h4,6,9,13-14H,5,7-8,10H2,1-3H3. The maximum Gasteiger partial charge on any atom is 0.0115 e. The molecular formula is C12H22N2S. The van der Waals surface area contributed by atoms with Crippen LogP contribution in [0.2, 0.25) is 0 Å². The minimum absolute atomic E-state index is 0.258. The van der Waals surface area contributed by atoms with E-state index in [2.05, 4.69) is 42.0 Å². The number of nitrogens with one attached hydrogen (secondary N) is 2. The van der Waals surface area contributed by atoms with Gasteiger partial charge >= 0.3 is 0 Å². The third kappa shape index (κ3) is 4.33. The van der Waals surface area contributed by atoms with Crippen LogP contribution in [-0.4, -0.2) is 26.7 Å². The zero-order chi connectivity index (χ0) is 11.1. The monoisotopic (exact) mass is 226 g/mol. The largest absolute Gasteiger partial charge is 0.320 e. The van der Waals surface area contributed by atoms with E-state index in [0.29, 0.717) is 0 Å². The molecule has 0 aliphatic rings. The van der Waals surface area contributed by atoms with Gasteiger partial charge in [-0.15, -0.1) is 11.3 Å². The quantitative estimate of drug-likeness (QED) is 0.697. The summed E-state index contributed by atoms with van der Waals surface area (Å²) in [4.78, 5) is 1.46. The van der Waals surface area contributed by atoms with E-state index in [1.807, 2.05) is 18.4 Å². The van der Waals surface area contributed by atoms with Crippen LogP contribution in [0.4, 0.5) is 0 Å². The van der Waals surface area contributed by atoms with Gasteiger partial charge in [-0.3, -0.25) is 0 Å². The highest BCUT2D eigenvalue weighted by Gasteiger charge is 2.20. The molecule has 0 spiro atoms. The summed E-state index contributed by atoms with van der Waals surface area (Å²) in [5.74, 6) is 0. The molecule has 15 heavy (non-hydrogen) atoms. The van der Waals surface area contributed by atoms with Gasteiger partial charge in [-0.2, -0.15) is 0 Å². The fraction of sp³-hybridized carbons (Fsp3) is 0.667. The van der Waals surface area contributed by atoms with Crippen molar-refractivity contribution in [2.75, 3.05) is 26.7 Å². The molecule has 0 aliphatic heterocycles. The molecule has 2 nitrogen and oxygen atoms in total. The van der Waals surface area contributed by atoms with Crippen molar-refractivity contribution >= 4 is 11.3 Å². The van der Waals surface area contributed by atoms with Gasteiger partial charge in [0.2, 0.25) is 0 Å². The minimum atomic E-state index is 0.258. The Labute approximate surface area is 97.1 Å². The molecule has 0 atom stereocenters. The second-order valence-corrected chi connectivity index (χ2v) is 5.44. The number of rotatable bonds is 7. The van der Waals surface area contributed by atoms with E-state index >= 15 is 0 Å². The summed E-state index contributed by atoms with van der Waals surface area (Å²) in [7, 11) is 2.00. The van der Waals surface area contributed by atoms with Crippen molar-refractivity contribution in [3.63, 3.8) is 0 Å². The van der Waals surface area contributed by atoms with Gasteiger partial charge < -0.3 is 10.6 Å². The van der Waals surface area contributed by atoms with Gasteiger partial charge in [0, 0.05) is 16.8 Å². The van der Waals surface area contributed by atoms with E-state index in [-0.39, 0.29) is 5.41 Å². The predicted molar refractivity (Wildman–Crippen MR) is 68.8 cm³/mol. The fourth-order valence-electron chi connectivity index (χ4n) is 1.54. The van der Waals surface area contributed by atoms with Gasteiger partial charge in [0.05, 0.1) is 0 Å². The van der Waals surface area contributed by atoms with Crippen LogP contribution in [0, 0.1) is 0 Å². The van der Waals surface area contributed by atoms with Crippen molar-refractivity contribution in [1.82, 2.24) is 10.6 Å². The molecule has 0 radical (unpaired) electrons. The predicted octanol–water partition coefficient (Wildman–Crippen LogP) is 2.22. The van der Waals surface area contributed by atoms with Crippen molar-refractivity contribution in [3.05, 3.63) is 22.4 Å². The fourth-order valence-corrected chi connectivity index (χ4v) is 2.39. The first kappa shape index (κ1) is 12.7. The van der Waals surface area contributed by atoms with Gasteiger partial charge in [-0.1, -0.05) is 19.9 Å². The summed E-state index contributed by atoms with van der Waals surface area (Å²) >= 11 is 1.85. The van der Waals surface area contributed by atoms with Crippen molar-refractivity contribution in [2.45, 2.75) is 25.7 Å². The summed E-state index contributed by atoms with van der Waals surface area (Å²) in [5, 5.41) is 8.82. The Morgan fingerprint density at radius 2 is 2.13 bits per heavy atom. The Hall–Kier alpha value is -0.380. The third-order valence-corrected chi connectivity index (χ3v) is 3.77. The van der Waals surface area contributed by atoms with Gasteiger partial charge in [0.15, 0.2) is 0 Å². The Kier molecular flexibility index (Phi) is 5.29. The van der Waals surface area contributed by atoms with Crippen LogP contribution in [0.25, 0.3) is 0 Å². The van der Waals surface area contributed by atoms with Gasteiger partial charge in [-0.05, 0) is 38.0 Å². The Morgan fingerprint density at radius 1 is 1.33 bits per heavy atom. The molecule has 0 amide bonds. The molecule has 0 aromatic carbocycles. The van der Waals surface area contributed by atoms with E-state index < -0.39 is 0 Å². The molecule has 0 unspecified atom stereocenters. The lowest BCUT2D eigenvalue weighted by Crippen LogP contribution is -2.33. The maximum atomic E-state index is 3.52. The van der Waals surface area contributed by atoms with E-state index in [1.165, 1.54) is 11.3 Å². The zero-order valence-corrected chi connectivity index (χ0v) is 10.8. The normalized spacial score (nSPS) is 11.9. The number of thiophene rings is 1. The molecule has 86 valence electrons. The van der Waals surface area contributed by atoms with Gasteiger partial charge in [-0.25, -0.2) is 0 Å². The average Bonchev–Trinajstić information content (AvgIpc) is 2.70.